The Hall–Kier alpha value is -0.610. The standard InChI is InChI=1S/C15H26N2O2/c16-14-10-3-1-4-11(14)8-12(7-10)15(18)17-13-5-2-6-19-9-13/h10-14H,1-9,16H2,(H,17,18). The highest BCUT2D eigenvalue weighted by molar-refractivity contribution is 5.79. The molecule has 1 aliphatic heterocycles. The Morgan fingerprint density at radius 3 is 2.47 bits per heavy atom. The molecule has 19 heavy (non-hydrogen) atoms. The highest BCUT2D eigenvalue weighted by atomic mass is 16.5. The predicted octanol–water partition coefficient (Wildman–Crippen LogP) is 1.44. The molecule has 3 unspecified atom stereocenters. The zero-order valence-electron chi connectivity index (χ0n) is 11.6. The first kappa shape index (κ1) is 13.4. The Bertz CT molecular complexity index is 314. The van der Waals surface area contributed by atoms with Gasteiger partial charge in [-0.25, -0.2) is 0 Å². The number of carbonyl (C=O) groups is 1. The number of nitrogens with two attached hydrogens (primary N) is 1. The van der Waals surface area contributed by atoms with E-state index in [4.69, 9.17) is 10.5 Å². The van der Waals surface area contributed by atoms with Crippen LogP contribution >= 0.6 is 0 Å². The summed E-state index contributed by atoms with van der Waals surface area (Å²) in [5.74, 6) is 1.59. The van der Waals surface area contributed by atoms with Crippen molar-refractivity contribution in [3.05, 3.63) is 0 Å². The SMILES string of the molecule is NC1C2CCCC1CC(C(=O)NC1CCCOC1)C2. The average Bonchev–Trinajstić information content (AvgIpc) is 2.39. The van der Waals surface area contributed by atoms with Gasteiger partial charge in [0.15, 0.2) is 0 Å². The van der Waals surface area contributed by atoms with E-state index in [1.807, 2.05) is 0 Å². The number of fused-ring (bicyclic) bond motifs is 2. The van der Waals surface area contributed by atoms with Crippen LogP contribution in [0.25, 0.3) is 0 Å². The van der Waals surface area contributed by atoms with Gasteiger partial charge in [-0.05, 0) is 50.4 Å². The van der Waals surface area contributed by atoms with Crippen molar-refractivity contribution in [3.63, 3.8) is 0 Å². The van der Waals surface area contributed by atoms with Gasteiger partial charge in [0, 0.05) is 18.6 Å². The van der Waals surface area contributed by atoms with Crippen LogP contribution < -0.4 is 11.1 Å². The summed E-state index contributed by atoms with van der Waals surface area (Å²) in [6.45, 7) is 1.53. The second-order valence-electron chi connectivity index (χ2n) is 6.62. The van der Waals surface area contributed by atoms with Gasteiger partial charge in [-0.3, -0.25) is 4.79 Å². The first-order valence-electron chi connectivity index (χ1n) is 7.87. The summed E-state index contributed by atoms with van der Waals surface area (Å²) in [7, 11) is 0. The monoisotopic (exact) mass is 266 g/mol. The van der Waals surface area contributed by atoms with Crippen molar-refractivity contribution < 1.29 is 9.53 Å². The van der Waals surface area contributed by atoms with Crippen LogP contribution in [0.2, 0.25) is 0 Å². The van der Waals surface area contributed by atoms with Crippen molar-refractivity contribution in [1.29, 1.82) is 0 Å². The van der Waals surface area contributed by atoms with Crippen LogP contribution in [-0.2, 0) is 9.53 Å². The first-order valence-corrected chi connectivity index (χ1v) is 7.87. The molecule has 3 atom stereocenters. The van der Waals surface area contributed by atoms with Gasteiger partial charge in [0.05, 0.1) is 12.6 Å². The lowest BCUT2D eigenvalue weighted by molar-refractivity contribution is -0.129. The van der Waals surface area contributed by atoms with Crippen LogP contribution in [0.3, 0.4) is 0 Å². The fraction of sp³-hybridized carbons (Fsp3) is 0.933. The van der Waals surface area contributed by atoms with Crippen molar-refractivity contribution in [2.45, 2.75) is 57.0 Å². The van der Waals surface area contributed by atoms with Gasteiger partial charge in [-0.1, -0.05) is 6.42 Å². The molecule has 0 aromatic carbocycles. The molecule has 108 valence electrons. The molecule has 4 heteroatoms. The van der Waals surface area contributed by atoms with E-state index in [2.05, 4.69) is 5.32 Å². The topological polar surface area (TPSA) is 64.4 Å². The van der Waals surface area contributed by atoms with Gasteiger partial charge < -0.3 is 15.8 Å². The fourth-order valence-electron chi connectivity index (χ4n) is 4.18. The maximum Gasteiger partial charge on any atom is 0.223 e. The molecule has 0 radical (unpaired) electrons. The second kappa shape index (κ2) is 5.80. The third kappa shape index (κ3) is 2.95. The minimum Gasteiger partial charge on any atom is -0.379 e. The third-order valence-corrected chi connectivity index (χ3v) is 5.29. The maximum absolute atomic E-state index is 12.4. The minimum atomic E-state index is 0.192. The Balaban J connectivity index is 1.55. The third-order valence-electron chi connectivity index (χ3n) is 5.29. The Morgan fingerprint density at radius 1 is 1.11 bits per heavy atom. The lowest BCUT2D eigenvalue weighted by Gasteiger charge is -2.43. The van der Waals surface area contributed by atoms with E-state index in [9.17, 15) is 4.79 Å². The Morgan fingerprint density at radius 2 is 1.84 bits per heavy atom. The van der Waals surface area contributed by atoms with E-state index in [-0.39, 0.29) is 17.9 Å². The smallest absolute Gasteiger partial charge is 0.223 e. The number of hydrogen-bond acceptors (Lipinski definition) is 3. The first-order chi connectivity index (χ1) is 9.24. The number of ether oxygens (including phenoxy) is 1. The fourth-order valence-corrected chi connectivity index (χ4v) is 4.18. The summed E-state index contributed by atoms with van der Waals surface area (Å²) < 4.78 is 5.43. The number of rotatable bonds is 2. The maximum atomic E-state index is 12.4. The molecule has 2 aliphatic carbocycles. The molecule has 3 fully saturated rings. The molecule has 4 nitrogen and oxygen atoms in total. The summed E-state index contributed by atoms with van der Waals surface area (Å²) in [5, 5.41) is 3.19. The summed E-state index contributed by atoms with van der Waals surface area (Å²) in [6, 6.07) is 0.576. The predicted molar refractivity (Wildman–Crippen MR) is 73.5 cm³/mol. The van der Waals surface area contributed by atoms with Crippen LogP contribution in [0.5, 0.6) is 0 Å². The largest absolute Gasteiger partial charge is 0.379 e. The molecule has 3 rings (SSSR count). The molecule has 1 heterocycles. The summed E-state index contributed by atoms with van der Waals surface area (Å²) in [6.07, 6.45) is 7.85. The molecule has 0 spiro atoms. The van der Waals surface area contributed by atoms with E-state index in [1.165, 1.54) is 19.3 Å². The summed E-state index contributed by atoms with van der Waals surface area (Å²) >= 11 is 0. The summed E-state index contributed by atoms with van der Waals surface area (Å²) in [4.78, 5) is 12.4. The zero-order valence-corrected chi connectivity index (χ0v) is 11.6. The highest BCUT2D eigenvalue weighted by Gasteiger charge is 2.40. The van der Waals surface area contributed by atoms with Crippen LogP contribution in [0, 0.1) is 17.8 Å². The van der Waals surface area contributed by atoms with E-state index >= 15 is 0 Å². The van der Waals surface area contributed by atoms with Crippen molar-refractivity contribution in [2.24, 2.45) is 23.5 Å². The molecule has 3 N–H and O–H groups in total. The second-order valence-corrected chi connectivity index (χ2v) is 6.62. The van der Waals surface area contributed by atoms with Gasteiger partial charge >= 0.3 is 0 Å². The van der Waals surface area contributed by atoms with Crippen molar-refractivity contribution in [3.8, 4) is 0 Å². The average molecular weight is 266 g/mol. The number of carbonyl (C=O) groups excluding carboxylic acids is 1. The molecule has 0 aromatic rings. The highest BCUT2D eigenvalue weighted by Crippen LogP contribution is 2.41. The van der Waals surface area contributed by atoms with Crippen LogP contribution in [0.4, 0.5) is 0 Å². The van der Waals surface area contributed by atoms with E-state index < -0.39 is 0 Å². The van der Waals surface area contributed by atoms with E-state index in [0.29, 0.717) is 24.5 Å². The minimum absolute atomic E-state index is 0.192. The normalized spacial score (nSPS) is 42.7. The van der Waals surface area contributed by atoms with Gasteiger partial charge in [-0.15, -0.1) is 0 Å². The van der Waals surface area contributed by atoms with Crippen LogP contribution in [0.15, 0.2) is 0 Å². The van der Waals surface area contributed by atoms with E-state index in [0.717, 1.165) is 32.3 Å². The lowest BCUT2D eigenvalue weighted by Crippen LogP contribution is -2.51. The van der Waals surface area contributed by atoms with Gasteiger partial charge in [0.1, 0.15) is 0 Å². The van der Waals surface area contributed by atoms with Gasteiger partial charge in [0.25, 0.3) is 0 Å². The van der Waals surface area contributed by atoms with Crippen LogP contribution in [-0.4, -0.2) is 31.2 Å². The van der Waals surface area contributed by atoms with Gasteiger partial charge in [0.2, 0.25) is 5.91 Å². The van der Waals surface area contributed by atoms with E-state index in [1.54, 1.807) is 0 Å². The molecule has 0 aromatic heterocycles. The number of amides is 1. The Labute approximate surface area is 115 Å². The molecular weight excluding hydrogens is 240 g/mol. The van der Waals surface area contributed by atoms with Crippen LogP contribution in [0.1, 0.15) is 44.9 Å². The van der Waals surface area contributed by atoms with Crippen molar-refractivity contribution in [1.82, 2.24) is 5.32 Å². The molecular formula is C15H26N2O2. The van der Waals surface area contributed by atoms with Crippen molar-refractivity contribution in [2.75, 3.05) is 13.2 Å². The molecule has 1 amide bonds. The molecule has 2 saturated carbocycles. The van der Waals surface area contributed by atoms with Crippen molar-refractivity contribution >= 4 is 5.91 Å². The Kier molecular flexibility index (Phi) is 4.08. The molecule has 3 aliphatic rings. The molecule has 1 saturated heterocycles. The quantitative estimate of drug-likeness (QED) is 0.795. The summed E-state index contributed by atoms with van der Waals surface area (Å²) in [5.41, 5.74) is 6.28. The number of hydrogen-bond donors (Lipinski definition) is 2. The molecule has 2 bridgehead atoms. The zero-order chi connectivity index (χ0) is 13.2. The number of nitrogens with one attached hydrogen (secondary N) is 1. The lowest BCUT2D eigenvalue weighted by atomic mass is 9.65. The van der Waals surface area contributed by atoms with Gasteiger partial charge in [-0.2, -0.15) is 0 Å².